The Hall–Kier alpha value is -5.82. The van der Waals surface area contributed by atoms with Crippen LogP contribution in [0.1, 0.15) is 39.8 Å². The van der Waals surface area contributed by atoms with Crippen molar-refractivity contribution < 1.29 is 28.5 Å². The average molecular weight is 693 g/mol. The Morgan fingerprint density at radius 2 is 1.58 bits per heavy atom. The Balaban J connectivity index is 1.26. The van der Waals surface area contributed by atoms with E-state index in [9.17, 15) is 9.59 Å². The third-order valence-electron chi connectivity index (χ3n) is 8.16. The second-order valence-corrected chi connectivity index (χ2v) is 12.0. The van der Waals surface area contributed by atoms with E-state index in [0.29, 0.717) is 40.2 Å². The van der Waals surface area contributed by atoms with E-state index in [0.717, 1.165) is 28.3 Å². The summed E-state index contributed by atoms with van der Waals surface area (Å²) in [6.45, 7) is 0.103. The highest BCUT2D eigenvalue weighted by molar-refractivity contribution is 7.99. The third-order valence-corrected chi connectivity index (χ3v) is 9.07. The Labute approximate surface area is 294 Å². The van der Waals surface area contributed by atoms with E-state index < -0.39 is 6.04 Å². The highest BCUT2D eigenvalue weighted by Crippen LogP contribution is 2.42. The molecular weight excluding hydrogens is 657 g/mol. The van der Waals surface area contributed by atoms with Gasteiger partial charge in [0, 0.05) is 23.2 Å². The number of para-hydroxylation sites is 2. The first-order valence-electron chi connectivity index (χ1n) is 15.7. The molecule has 0 aliphatic carbocycles. The maximum Gasteiger partial charge on any atom is 0.253 e. The normalized spacial score (nSPS) is 13.8. The predicted molar refractivity (Wildman–Crippen MR) is 190 cm³/mol. The zero-order chi connectivity index (χ0) is 35.0. The highest BCUT2D eigenvalue weighted by Gasteiger charge is 2.36. The van der Waals surface area contributed by atoms with Crippen LogP contribution in [0.2, 0.25) is 0 Å². The summed E-state index contributed by atoms with van der Waals surface area (Å²) in [6, 6.07) is 29.2. The molecule has 2 amide bonds. The Morgan fingerprint density at radius 3 is 2.30 bits per heavy atom. The molecule has 0 unspecified atom stereocenters. The maximum atomic E-state index is 14.1. The van der Waals surface area contributed by atoms with Gasteiger partial charge in [-0.25, -0.2) is 5.01 Å². The molecule has 1 N–H and O–H groups in total. The number of hydrazone groups is 1. The molecule has 50 heavy (non-hydrogen) atoms. The summed E-state index contributed by atoms with van der Waals surface area (Å²) in [5, 5.41) is 18.6. The number of carbonyl (C=O) groups excluding carboxylic acids is 2. The van der Waals surface area contributed by atoms with Crippen LogP contribution in [0.25, 0.3) is 5.69 Å². The van der Waals surface area contributed by atoms with Crippen molar-refractivity contribution in [3.63, 3.8) is 0 Å². The first-order chi connectivity index (χ1) is 24.4. The minimum absolute atomic E-state index is 0.0172. The molecule has 12 nitrogen and oxygen atoms in total. The van der Waals surface area contributed by atoms with Gasteiger partial charge in [0.2, 0.25) is 0 Å². The van der Waals surface area contributed by atoms with E-state index >= 15 is 0 Å². The van der Waals surface area contributed by atoms with Crippen LogP contribution < -0.4 is 24.3 Å². The highest BCUT2D eigenvalue weighted by atomic mass is 32.2. The van der Waals surface area contributed by atoms with Gasteiger partial charge in [-0.05, 0) is 66.2 Å². The lowest BCUT2D eigenvalue weighted by Crippen LogP contribution is -2.29. The van der Waals surface area contributed by atoms with Gasteiger partial charge in [0.15, 0.2) is 22.5 Å². The monoisotopic (exact) mass is 692 g/mol. The van der Waals surface area contributed by atoms with E-state index in [1.807, 2.05) is 77.4 Å². The summed E-state index contributed by atoms with van der Waals surface area (Å²) in [4.78, 5) is 27.1. The Bertz CT molecular complexity index is 2000. The van der Waals surface area contributed by atoms with Gasteiger partial charge < -0.3 is 24.3 Å². The van der Waals surface area contributed by atoms with Gasteiger partial charge in [-0.3, -0.25) is 14.2 Å². The molecule has 0 spiro atoms. The fraction of sp³-hybridized carbons (Fsp3) is 0.216. The zero-order valence-corrected chi connectivity index (χ0v) is 28.8. The molecule has 0 radical (unpaired) electrons. The number of aromatic nitrogens is 3. The molecule has 0 saturated carbocycles. The van der Waals surface area contributed by atoms with Crippen LogP contribution in [0.3, 0.4) is 0 Å². The summed E-state index contributed by atoms with van der Waals surface area (Å²) in [7, 11) is 6.33. The maximum absolute atomic E-state index is 14.1. The number of thioether (sulfide) groups is 1. The summed E-state index contributed by atoms with van der Waals surface area (Å²) in [5.74, 6) is 2.42. The van der Waals surface area contributed by atoms with Gasteiger partial charge in [-0.15, -0.1) is 10.2 Å². The molecule has 13 heteroatoms. The lowest BCUT2D eigenvalue weighted by Gasteiger charge is -2.24. The standard InChI is InChI=1S/C37H36N6O6S/c1-46-27-18-16-24(17-19-27)30-21-31(29-14-9-15-32(48-3)35(29)49-4)43(41-30)34(44)23-50-37-40-39-33(42(37)26-11-6-5-7-12-26)22-38-36(45)25-10-8-13-28(20-25)47-2/h5-20,31H,21-23H2,1-4H3,(H,38,45)/t31-/m0/s1. The van der Waals surface area contributed by atoms with E-state index in [1.165, 1.54) is 16.8 Å². The zero-order valence-electron chi connectivity index (χ0n) is 28.0. The molecule has 256 valence electrons. The molecule has 0 bridgehead atoms. The first-order valence-corrected chi connectivity index (χ1v) is 16.7. The molecule has 1 aromatic heterocycles. The van der Waals surface area contributed by atoms with E-state index in [-0.39, 0.29) is 24.1 Å². The molecule has 6 rings (SSSR count). The third kappa shape index (κ3) is 7.27. The van der Waals surface area contributed by atoms with Crippen molar-refractivity contribution in [2.75, 3.05) is 34.2 Å². The van der Waals surface area contributed by atoms with Crippen LogP contribution in [-0.2, 0) is 11.3 Å². The SMILES string of the molecule is COc1ccc(C2=NN(C(=O)CSc3nnc(CNC(=O)c4cccc(OC)c4)n3-c3ccccc3)[C@H](c3cccc(OC)c3OC)C2)cc1. The van der Waals surface area contributed by atoms with Crippen LogP contribution in [0.4, 0.5) is 0 Å². The Kier molecular flexibility index (Phi) is 10.6. The second-order valence-electron chi connectivity index (χ2n) is 11.1. The summed E-state index contributed by atoms with van der Waals surface area (Å²) in [5.41, 5.74) is 3.65. The molecular formula is C37H36N6O6S. The van der Waals surface area contributed by atoms with Gasteiger partial charge in [0.1, 0.15) is 11.5 Å². The van der Waals surface area contributed by atoms with Gasteiger partial charge in [0.05, 0.1) is 52.5 Å². The van der Waals surface area contributed by atoms with Gasteiger partial charge in [-0.1, -0.05) is 48.2 Å². The lowest BCUT2D eigenvalue weighted by atomic mass is 9.97. The topological polar surface area (TPSA) is 129 Å². The van der Waals surface area contributed by atoms with Crippen molar-refractivity contribution in [1.29, 1.82) is 0 Å². The van der Waals surface area contributed by atoms with Gasteiger partial charge >= 0.3 is 0 Å². The number of benzene rings is 4. The van der Waals surface area contributed by atoms with Crippen molar-refractivity contribution in [2.24, 2.45) is 5.10 Å². The van der Waals surface area contributed by atoms with Gasteiger partial charge in [0.25, 0.3) is 11.8 Å². The van der Waals surface area contributed by atoms with Crippen LogP contribution in [0.15, 0.2) is 107 Å². The molecule has 5 aromatic rings. The molecule has 2 heterocycles. The molecule has 0 fully saturated rings. The van der Waals surface area contributed by atoms with E-state index in [1.54, 1.807) is 52.7 Å². The van der Waals surface area contributed by atoms with Crippen molar-refractivity contribution in [2.45, 2.75) is 24.2 Å². The average Bonchev–Trinajstić information content (AvgIpc) is 3.81. The van der Waals surface area contributed by atoms with E-state index in [2.05, 4.69) is 15.5 Å². The second kappa shape index (κ2) is 15.6. The lowest BCUT2D eigenvalue weighted by molar-refractivity contribution is -0.130. The van der Waals surface area contributed by atoms with Gasteiger partial charge in [-0.2, -0.15) is 5.10 Å². The number of nitrogens with one attached hydrogen (secondary N) is 1. The van der Waals surface area contributed by atoms with Crippen molar-refractivity contribution in [3.8, 4) is 28.7 Å². The predicted octanol–water partition coefficient (Wildman–Crippen LogP) is 5.70. The number of hydrogen-bond donors (Lipinski definition) is 1. The molecule has 1 atom stereocenters. The van der Waals surface area contributed by atoms with Crippen LogP contribution >= 0.6 is 11.8 Å². The minimum Gasteiger partial charge on any atom is -0.497 e. The quantitative estimate of drug-likeness (QED) is 0.155. The number of carbonyl (C=O) groups is 2. The van der Waals surface area contributed by atoms with Crippen molar-refractivity contribution in [3.05, 3.63) is 120 Å². The number of methoxy groups -OCH3 is 4. The fourth-order valence-electron chi connectivity index (χ4n) is 5.68. The fourth-order valence-corrected chi connectivity index (χ4v) is 6.50. The number of ether oxygens (including phenoxy) is 4. The van der Waals surface area contributed by atoms with Crippen LogP contribution in [0, 0.1) is 0 Å². The van der Waals surface area contributed by atoms with Crippen LogP contribution in [0.5, 0.6) is 23.0 Å². The number of amides is 2. The largest absolute Gasteiger partial charge is 0.497 e. The molecule has 4 aromatic carbocycles. The first kappa shape index (κ1) is 34.1. The van der Waals surface area contributed by atoms with Crippen molar-refractivity contribution >= 4 is 29.3 Å². The summed E-state index contributed by atoms with van der Waals surface area (Å²) < 4.78 is 23.8. The number of hydrogen-bond acceptors (Lipinski definition) is 10. The smallest absolute Gasteiger partial charge is 0.253 e. The summed E-state index contributed by atoms with van der Waals surface area (Å²) in [6.07, 6.45) is 0.462. The summed E-state index contributed by atoms with van der Waals surface area (Å²) >= 11 is 1.24. The minimum atomic E-state index is -0.445. The Morgan fingerprint density at radius 1 is 0.820 bits per heavy atom. The van der Waals surface area contributed by atoms with E-state index in [4.69, 9.17) is 24.0 Å². The molecule has 0 saturated heterocycles. The molecule has 1 aliphatic heterocycles. The molecule has 1 aliphatic rings. The van der Waals surface area contributed by atoms with Crippen molar-refractivity contribution in [1.82, 2.24) is 25.1 Å². The van der Waals surface area contributed by atoms with Crippen LogP contribution in [-0.4, -0.2) is 71.5 Å². The number of nitrogens with zero attached hydrogens (tertiary/aromatic N) is 5. The number of rotatable bonds is 13.